The van der Waals surface area contributed by atoms with E-state index in [9.17, 15) is 18.0 Å². The Morgan fingerprint density at radius 3 is 2.54 bits per heavy atom. The van der Waals surface area contributed by atoms with Crippen molar-refractivity contribution in [2.45, 2.75) is 6.29 Å². The van der Waals surface area contributed by atoms with Crippen LogP contribution >= 0.6 is 11.6 Å². The van der Waals surface area contributed by atoms with E-state index in [1.54, 1.807) is 0 Å². The summed E-state index contributed by atoms with van der Waals surface area (Å²) in [4.78, 5) is 11.8. The molecule has 0 aliphatic carbocycles. The first kappa shape index (κ1) is 16.3. The van der Waals surface area contributed by atoms with E-state index in [1.807, 2.05) is 0 Å². The summed E-state index contributed by atoms with van der Waals surface area (Å²) in [6.45, 7) is -0.148. The van der Waals surface area contributed by atoms with E-state index in [0.717, 1.165) is 6.07 Å². The number of hydrogen-bond donors (Lipinski definition) is 2. The molecule has 1 aliphatic rings. The van der Waals surface area contributed by atoms with Crippen molar-refractivity contribution in [3.63, 3.8) is 0 Å². The van der Waals surface area contributed by atoms with Crippen molar-refractivity contribution in [2.24, 2.45) is 0 Å². The maximum Gasteiger partial charge on any atom is 0.586 e. The minimum Gasteiger partial charge on any atom is -0.395 e. The van der Waals surface area contributed by atoms with Crippen molar-refractivity contribution >= 4 is 28.9 Å². The summed E-state index contributed by atoms with van der Waals surface area (Å²) >= 11 is 5.62. The van der Waals surface area contributed by atoms with Crippen LogP contribution < -0.4 is 20.1 Å². The normalized spacial score (nSPS) is 14.3. The topological polar surface area (TPSA) is 59.6 Å². The Kier molecular flexibility index (Phi) is 4.15. The molecule has 0 saturated heterocycles. The van der Waals surface area contributed by atoms with E-state index >= 15 is 0 Å². The van der Waals surface area contributed by atoms with Crippen LogP contribution in [-0.2, 0) is 4.79 Å². The van der Waals surface area contributed by atoms with Crippen molar-refractivity contribution in [2.75, 3.05) is 17.2 Å². The lowest BCUT2D eigenvalue weighted by atomic mass is 10.2. The van der Waals surface area contributed by atoms with Gasteiger partial charge in [0.2, 0.25) is 5.91 Å². The predicted octanol–water partition coefficient (Wildman–Crippen LogP) is 3.85. The minimum absolute atomic E-state index is 0.0871. The van der Waals surface area contributed by atoms with Crippen LogP contribution in [0.15, 0.2) is 36.4 Å². The first-order chi connectivity index (χ1) is 11.3. The second-order valence-electron chi connectivity index (χ2n) is 4.86. The average molecular weight is 359 g/mol. The Bertz CT molecular complexity index is 802. The smallest absolute Gasteiger partial charge is 0.395 e. The summed E-state index contributed by atoms with van der Waals surface area (Å²) in [5, 5.41) is 5.15. The molecule has 1 aliphatic heterocycles. The number of benzene rings is 2. The van der Waals surface area contributed by atoms with Crippen molar-refractivity contribution in [1.29, 1.82) is 0 Å². The number of nitrogens with one attached hydrogen (secondary N) is 2. The van der Waals surface area contributed by atoms with E-state index in [0.29, 0.717) is 11.4 Å². The molecule has 0 aromatic heterocycles. The van der Waals surface area contributed by atoms with Gasteiger partial charge in [-0.3, -0.25) is 4.79 Å². The van der Waals surface area contributed by atoms with Crippen molar-refractivity contribution in [3.8, 4) is 11.5 Å². The van der Waals surface area contributed by atoms with Gasteiger partial charge in [0.1, 0.15) is 5.82 Å². The Labute approximate surface area is 139 Å². The Hall–Kier alpha value is -2.61. The third kappa shape index (κ3) is 3.65. The largest absolute Gasteiger partial charge is 0.586 e. The van der Waals surface area contributed by atoms with Gasteiger partial charge >= 0.3 is 6.29 Å². The van der Waals surface area contributed by atoms with Gasteiger partial charge < -0.3 is 20.1 Å². The van der Waals surface area contributed by atoms with Gasteiger partial charge in [0.25, 0.3) is 0 Å². The van der Waals surface area contributed by atoms with E-state index in [4.69, 9.17) is 11.6 Å². The molecule has 3 rings (SSSR count). The molecular weight excluding hydrogens is 349 g/mol. The fourth-order valence-corrected chi connectivity index (χ4v) is 2.20. The van der Waals surface area contributed by atoms with Crippen LogP contribution in [-0.4, -0.2) is 18.7 Å². The monoisotopic (exact) mass is 358 g/mol. The van der Waals surface area contributed by atoms with Crippen LogP contribution in [0.25, 0.3) is 0 Å². The molecule has 0 radical (unpaired) electrons. The van der Waals surface area contributed by atoms with Crippen molar-refractivity contribution in [3.05, 3.63) is 47.2 Å². The van der Waals surface area contributed by atoms with Crippen LogP contribution in [0.2, 0.25) is 5.02 Å². The highest BCUT2D eigenvalue weighted by atomic mass is 35.5. The van der Waals surface area contributed by atoms with Gasteiger partial charge in [0.05, 0.1) is 11.6 Å². The van der Waals surface area contributed by atoms with E-state index in [-0.39, 0.29) is 23.1 Å². The number of carbonyl (C=O) groups is 1. The van der Waals surface area contributed by atoms with Crippen LogP contribution in [0.5, 0.6) is 11.5 Å². The van der Waals surface area contributed by atoms with Gasteiger partial charge in [-0.05, 0) is 30.3 Å². The number of fused-ring (bicyclic) bond motifs is 1. The minimum atomic E-state index is -3.69. The zero-order valence-corrected chi connectivity index (χ0v) is 12.7. The van der Waals surface area contributed by atoms with Gasteiger partial charge in [-0.15, -0.1) is 8.78 Å². The number of rotatable bonds is 4. The first-order valence-electron chi connectivity index (χ1n) is 6.71. The van der Waals surface area contributed by atoms with Gasteiger partial charge in [0, 0.05) is 17.4 Å². The first-order valence-corrected chi connectivity index (χ1v) is 7.09. The lowest BCUT2D eigenvalue weighted by Crippen LogP contribution is -2.25. The second kappa shape index (κ2) is 6.12. The zero-order chi connectivity index (χ0) is 17.3. The number of ether oxygens (including phenoxy) is 2. The highest BCUT2D eigenvalue weighted by molar-refractivity contribution is 6.31. The van der Waals surface area contributed by atoms with Crippen molar-refractivity contribution in [1.82, 2.24) is 0 Å². The number of carbonyl (C=O) groups excluding carboxylic acids is 1. The maximum absolute atomic E-state index is 13.0. The predicted molar refractivity (Wildman–Crippen MR) is 81.2 cm³/mol. The number of amides is 1. The van der Waals surface area contributed by atoms with Gasteiger partial charge in [0.15, 0.2) is 11.5 Å². The number of alkyl halides is 2. The molecule has 126 valence electrons. The van der Waals surface area contributed by atoms with Crippen LogP contribution in [0.1, 0.15) is 0 Å². The van der Waals surface area contributed by atoms with Crippen LogP contribution in [0.3, 0.4) is 0 Å². The molecule has 2 aromatic carbocycles. The lowest BCUT2D eigenvalue weighted by Gasteiger charge is -2.09. The highest BCUT2D eigenvalue weighted by Gasteiger charge is 2.43. The van der Waals surface area contributed by atoms with E-state index in [1.165, 1.54) is 30.3 Å². The number of hydrogen-bond acceptors (Lipinski definition) is 4. The number of anilines is 2. The summed E-state index contributed by atoms with van der Waals surface area (Å²) in [5.74, 6) is -1.24. The van der Waals surface area contributed by atoms with Crippen LogP contribution in [0, 0.1) is 5.82 Å². The SMILES string of the molecule is O=C(CNc1ccc2c(c1)OC(F)(F)O2)Nc1ccc(F)c(Cl)c1. The summed E-state index contributed by atoms with van der Waals surface area (Å²) < 4.78 is 47.5. The third-order valence-corrected chi connectivity index (χ3v) is 3.35. The molecule has 0 saturated carbocycles. The van der Waals surface area contributed by atoms with Crippen molar-refractivity contribution < 1.29 is 27.4 Å². The zero-order valence-electron chi connectivity index (χ0n) is 11.9. The molecule has 2 aromatic rings. The Morgan fingerprint density at radius 1 is 1.08 bits per heavy atom. The fraction of sp³-hybridized carbons (Fsp3) is 0.133. The fourth-order valence-electron chi connectivity index (χ4n) is 2.02. The average Bonchev–Trinajstić information content (AvgIpc) is 2.82. The highest BCUT2D eigenvalue weighted by Crippen LogP contribution is 2.42. The van der Waals surface area contributed by atoms with Gasteiger partial charge in [-0.25, -0.2) is 4.39 Å². The molecule has 0 spiro atoms. The standard InChI is InChI=1S/C15H10ClF3N2O3/c16-10-5-9(1-3-11(10)17)21-14(22)7-20-8-2-4-12-13(6-8)24-15(18,19)23-12/h1-6,20H,7H2,(H,21,22). The molecule has 0 unspecified atom stereocenters. The van der Waals surface area contributed by atoms with Crippen LogP contribution in [0.4, 0.5) is 24.5 Å². The molecule has 0 fully saturated rings. The molecule has 1 amide bonds. The molecule has 5 nitrogen and oxygen atoms in total. The Morgan fingerprint density at radius 2 is 1.79 bits per heavy atom. The summed E-state index contributed by atoms with van der Waals surface area (Å²) in [6, 6.07) is 7.82. The summed E-state index contributed by atoms with van der Waals surface area (Å²) in [6.07, 6.45) is -3.69. The summed E-state index contributed by atoms with van der Waals surface area (Å²) in [5.41, 5.74) is 0.723. The Balaban J connectivity index is 1.58. The molecular formula is C15H10ClF3N2O3. The molecule has 0 atom stereocenters. The number of halogens is 4. The molecule has 1 heterocycles. The van der Waals surface area contributed by atoms with E-state index < -0.39 is 18.0 Å². The lowest BCUT2D eigenvalue weighted by molar-refractivity contribution is -0.286. The maximum atomic E-state index is 13.0. The molecule has 2 N–H and O–H groups in total. The van der Waals surface area contributed by atoms with Gasteiger partial charge in [-0.1, -0.05) is 11.6 Å². The molecule has 9 heteroatoms. The third-order valence-electron chi connectivity index (χ3n) is 3.06. The van der Waals surface area contributed by atoms with Gasteiger partial charge in [-0.2, -0.15) is 0 Å². The molecule has 24 heavy (non-hydrogen) atoms. The summed E-state index contributed by atoms with van der Waals surface area (Å²) in [7, 11) is 0. The second-order valence-corrected chi connectivity index (χ2v) is 5.27. The van der Waals surface area contributed by atoms with E-state index in [2.05, 4.69) is 20.1 Å². The quantitative estimate of drug-likeness (QED) is 0.871. The molecule has 0 bridgehead atoms.